The van der Waals surface area contributed by atoms with Gasteiger partial charge in [0.15, 0.2) is 0 Å². The molecule has 4 atom stereocenters. The molecule has 0 aromatic carbocycles. The van der Waals surface area contributed by atoms with Gasteiger partial charge in [-0.25, -0.2) is 0 Å². The Hall–Kier alpha value is -0.160. The molecule has 3 unspecified atom stereocenters. The molecular weight excluding hydrogens is 252 g/mol. The number of rotatable bonds is 4. The first-order valence-corrected chi connectivity index (χ1v) is 8.30. The van der Waals surface area contributed by atoms with Crippen molar-refractivity contribution < 1.29 is 10.2 Å². The van der Waals surface area contributed by atoms with Crippen molar-refractivity contribution in [2.75, 3.05) is 26.2 Å². The Morgan fingerprint density at radius 3 is 2.35 bits per heavy atom. The quantitative estimate of drug-likeness (QED) is 0.817. The molecule has 0 bridgehead atoms. The molecule has 0 aromatic heterocycles. The Kier molecular flexibility index (Phi) is 5.84. The van der Waals surface area contributed by atoms with E-state index in [9.17, 15) is 10.2 Å². The van der Waals surface area contributed by atoms with Crippen LogP contribution in [0.1, 0.15) is 46.5 Å². The van der Waals surface area contributed by atoms with Gasteiger partial charge in [-0.15, -0.1) is 0 Å². The van der Waals surface area contributed by atoms with E-state index in [4.69, 9.17) is 0 Å². The van der Waals surface area contributed by atoms with Crippen LogP contribution in [0.3, 0.4) is 0 Å². The zero-order chi connectivity index (χ0) is 14.7. The first-order chi connectivity index (χ1) is 9.45. The summed E-state index contributed by atoms with van der Waals surface area (Å²) < 4.78 is 0. The molecule has 0 radical (unpaired) electrons. The maximum atomic E-state index is 10.1. The highest BCUT2D eigenvalue weighted by molar-refractivity contribution is 4.84. The minimum Gasteiger partial charge on any atom is -0.392 e. The van der Waals surface area contributed by atoms with E-state index < -0.39 is 0 Å². The smallest absolute Gasteiger partial charge is 0.0670 e. The van der Waals surface area contributed by atoms with Gasteiger partial charge in [0, 0.05) is 31.7 Å². The van der Waals surface area contributed by atoms with Gasteiger partial charge in [0.05, 0.1) is 12.2 Å². The number of piperidine rings is 2. The lowest BCUT2D eigenvalue weighted by atomic mass is 9.88. The largest absolute Gasteiger partial charge is 0.392 e. The molecule has 2 saturated heterocycles. The van der Waals surface area contributed by atoms with Gasteiger partial charge in [0.2, 0.25) is 0 Å². The Morgan fingerprint density at radius 1 is 1.00 bits per heavy atom. The van der Waals surface area contributed by atoms with Crippen molar-refractivity contribution in [3.8, 4) is 0 Å². The van der Waals surface area contributed by atoms with Crippen molar-refractivity contribution in [2.24, 2.45) is 5.92 Å². The second-order valence-corrected chi connectivity index (χ2v) is 7.18. The fourth-order valence-electron chi connectivity index (χ4n) is 3.82. The van der Waals surface area contributed by atoms with Gasteiger partial charge < -0.3 is 10.2 Å². The fraction of sp³-hybridized carbons (Fsp3) is 1.00. The highest BCUT2D eigenvalue weighted by Gasteiger charge is 2.30. The standard InChI is InChI=1S/C16H32N2O2/c1-12(2)18-9-14(8-16(20)11-18)7-13(3)17-6-4-5-15(19)10-17/h12-16,19-20H,4-11H2,1-3H3/t13?,14?,15-,16?/m1/s1. The molecule has 0 spiro atoms. The molecule has 118 valence electrons. The first kappa shape index (κ1) is 16.2. The highest BCUT2D eigenvalue weighted by atomic mass is 16.3. The lowest BCUT2D eigenvalue weighted by Gasteiger charge is -2.41. The van der Waals surface area contributed by atoms with Crippen LogP contribution in [0.2, 0.25) is 0 Å². The molecule has 4 nitrogen and oxygen atoms in total. The third kappa shape index (κ3) is 4.42. The Balaban J connectivity index is 1.84. The molecule has 0 aromatic rings. The normalized spacial score (nSPS) is 35.4. The lowest BCUT2D eigenvalue weighted by Crippen LogP contribution is -2.49. The van der Waals surface area contributed by atoms with E-state index >= 15 is 0 Å². The van der Waals surface area contributed by atoms with Crippen LogP contribution >= 0.6 is 0 Å². The number of aliphatic hydroxyl groups is 2. The van der Waals surface area contributed by atoms with Crippen molar-refractivity contribution in [1.29, 1.82) is 0 Å². The summed E-state index contributed by atoms with van der Waals surface area (Å²) in [4.78, 5) is 4.82. The van der Waals surface area contributed by atoms with Crippen molar-refractivity contribution in [3.05, 3.63) is 0 Å². The molecule has 0 amide bonds. The summed E-state index contributed by atoms with van der Waals surface area (Å²) >= 11 is 0. The summed E-state index contributed by atoms with van der Waals surface area (Å²) in [5.74, 6) is 0.579. The van der Waals surface area contributed by atoms with Gasteiger partial charge in [-0.1, -0.05) is 0 Å². The minimum atomic E-state index is -0.171. The van der Waals surface area contributed by atoms with Crippen molar-refractivity contribution in [2.45, 2.75) is 70.7 Å². The van der Waals surface area contributed by atoms with Crippen LogP contribution < -0.4 is 0 Å². The molecular formula is C16H32N2O2. The van der Waals surface area contributed by atoms with E-state index in [1.54, 1.807) is 0 Å². The lowest BCUT2D eigenvalue weighted by molar-refractivity contribution is 0.00456. The second-order valence-electron chi connectivity index (χ2n) is 7.18. The maximum absolute atomic E-state index is 10.1. The van der Waals surface area contributed by atoms with Crippen LogP contribution in [0.4, 0.5) is 0 Å². The summed E-state index contributed by atoms with van der Waals surface area (Å²) in [6, 6.07) is 1.02. The van der Waals surface area contributed by atoms with Gasteiger partial charge in [-0.05, 0) is 58.9 Å². The average molecular weight is 284 g/mol. The van der Waals surface area contributed by atoms with Crippen LogP contribution in [0.5, 0.6) is 0 Å². The number of aliphatic hydroxyl groups excluding tert-OH is 2. The van der Waals surface area contributed by atoms with Gasteiger partial charge in [0.25, 0.3) is 0 Å². The van der Waals surface area contributed by atoms with E-state index in [2.05, 4.69) is 30.6 Å². The molecule has 2 aliphatic rings. The van der Waals surface area contributed by atoms with E-state index in [0.717, 1.165) is 51.9 Å². The maximum Gasteiger partial charge on any atom is 0.0670 e. The van der Waals surface area contributed by atoms with Gasteiger partial charge in [-0.3, -0.25) is 9.80 Å². The monoisotopic (exact) mass is 284 g/mol. The minimum absolute atomic E-state index is 0.143. The van der Waals surface area contributed by atoms with Crippen LogP contribution in [0.15, 0.2) is 0 Å². The van der Waals surface area contributed by atoms with E-state index in [0.29, 0.717) is 18.0 Å². The van der Waals surface area contributed by atoms with E-state index in [1.807, 2.05) is 0 Å². The average Bonchev–Trinajstić information content (AvgIpc) is 2.37. The van der Waals surface area contributed by atoms with Gasteiger partial charge in [0.1, 0.15) is 0 Å². The summed E-state index contributed by atoms with van der Waals surface area (Å²) in [7, 11) is 0. The number of β-amino-alcohol motifs (C(OH)–C–C–N with tert-alkyl or cyclic N) is 2. The van der Waals surface area contributed by atoms with Crippen LogP contribution in [0, 0.1) is 5.92 Å². The Morgan fingerprint density at radius 2 is 1.70 bits per heavy atom. The van der Waals surface area contributed by atoms with Crippen LogP contribution in [0.25, 0.3) is 0 Å². The highest BCUT2D eigenvalue weighted by Crippen LogP contribution is 2.25. The van der Waals surface area contributed by atoms with Gasteiger partial charge >= 0.3 is 0 Å². The summed E-state index contributed by atoms with van der Waals surface area (Å²) in [6.45, 7) is 10.6. The van der Waals surface area contributed by atoms with Crippen molar-refractivity contribution >= 4 is 0 Å². The number of hydrogen-bond donors (Lipinski definition) is 2. The van der Waals surface area contributed by atoms with Crippen LogP contribution in [-0.4, -0.2) is 70.5 Å². The molecule has 20 heavy (non-hydrogen) atoms. The first-order valence-electron chi connectivity index (χ1n) is 8.30. The predicted octanol–water partition coefficient (Wildman–Crippen LogP) is 1.31. The molecule has 4 heteroatoms. The molecule has 2 N–H and O–H groups in total. The van der Waals surface area contributed by atoms with Crippen LogP contribution in [-0.2, 0) is 0 Å². The Bertz CT molecular complexity index is 298. The predicted molar refractivity (Wildman–Crippen MR) is 81.7 cm³/mol. The Labute approximate surface area is 123 Å². The third-order valence-corrected chi connectivity index (χ3v) is 5.00. The summed E-state index contributed by atoms with van der Waals surface area (Å²) in [6.07, 6.45) is 3.81. The third-order valence-electron chi connectivity index (χ3n) is 5.00. The van der Waals surface area contributed by atoms with Gasteiger partial charge in [-0.2, -0.15) is 0 Å². The number of nitrogens with zero attached hydrogens (tertiary/aromatic N) is 2. The van der Waals surface area contributed by atoms with E-state index in [1.165, 1.54) is 0 Å². The molecule has 0 saturated carbocycles. The fourth-order valence-corrected chi connectivity index (χ4v) is 3.82. The SMILES string of the molecule is CC(C)N1CC(O)CC(CC(C)N2CCC[C@@H](O)C2)C1. The summed E-state index contributed by atoms with van der Waals surface area (Å²) in [5, 5.41) is 19.9. The molecule has 2 rings (SSSR count). The zero-order valence-corrected chi connectivity index (χ0v) is 13.3. The topological polar surface area (TPSA) is 46.9 Å². The van der Waals surface area contributed by atoms with Crippen molar-refractivity contribution in [1.82, 2.24) is 9.80 Å². The molecule has 0 aliphatic carbocycles. The number of hydrogen-bond acceptors (Lipinski definition) is 4. The zero-order valence-electron chi connectivity index (χ0n) is 13.3. The van der Waals surface area contributed by atoms with E-state index in [-0.39, 0.29) is 12.2 Å². The molecule has 2 fully saturated rings. The summed E-state index contributed by atoms with van der Waals surface area (Å²) in [5.41, 5.74) is 0. The molecule has 2 heterocycles. The molecule has 2 aliphatic heterocycles. The number of likely N-dealkylation sites (tertiary alicyclic amines) is 2. The second kappa shape index (κ2) is 7.21. The van der Waals surface area contributed by atoms with Crippen molar-refractivity contribution in [3.63, 3.8) is 0 Å².